The molecule has 0 heterocycles. The van der Waals surface area contributed by atoms with E-state index >= 15 is 0 Å². The maximum Gasteiger partial charge on any atom is 0.330 e. The summed E-state index contributed by atoms with van der Waals surface area (Å²) < 4.78 is 29.0. The van der Waals surface area contributed by atoms with Crippen LogP contribution in [0, 0.1) is 0 Å². The lowest BCUT2D eigenvalue weighted by Crippen LogP contribution is -2.07. The Balaban J connectivity index is 2.33. The monoisotopic (exact) mass is 346 g/mol. The standard InChI is InChI=1S/C15H19ClO5S/c1-2-15(18)21-9-5-3-4-6-10-22(19,20)12-7-8-14(17)13(16)11-12/h2,7-8,11,17H,1,3-6,9-10H2. The highest BCUT2D eigenvalue weighted by molar-refractivity contribution is 7.91. The number of hydrogen-bond acceptors (Lipinski definition) is 5. The fourth-order valence-corrected chi connectivity index (χ4v) is 3.42. The van der Waals surface area contributed by atoms with Crippen molar-refractivity contribution in [3.8, 4) is 5.75 Å². The molecule has 1 aromatic carbocycles. The molecule has 0 aliphatic rings. The van der Waals surface area contributed by atoms with Crippen LogP contribution in [0.4, 0.5) is 0 Å². The summed E-state index contributed by atoms with van der Waals surface area (Å²) in [6.45, 7) is 3.60. The van der Waals surface area contributed by atoms with Crippen LogP contribution in [0.15, 0.2) is 35.7 Å². The summed E-state index contributed by atoms with van der Waals surface area (Å²) in [6.07, 6.45) is 3.79. The van der Waals surface area contributed by atoms with Crippen LogP contribution in [-0.2, 0) is 19.4 Å². The quantitative estimate of drug-likeness (QED) is 0.422. The number of sulfone groups is 1. The number of esters is 1. The summed E-state index contributed by atoms with van der Waals surface area (Å²) >= 11 is 5.71. The van der Waals surface area contributed by atoms with Gasteiger partial charge in [0.15, 0.2) is 9.84 Å². The SMILES string of the molecule is C=CC(=O)OCCCCCCS(=O)(=O)c1ccc(O)c(Cl)c1. The van der Waals surface area contributed by atoms with Crippen molar-refractivity contribution in [3.63, 3.8) is 0 Å². The van der Waals surface area contributed by atoms with Crippen LogP contribution in [0.25, 0.3) is 0 Å². The van der Waals surface area contributed by atoms with Crippen molar-refractivity contribution >= 4 is 27.4 Å². The second-order valence-electron chi connectivity index (χ2n) is 4.72. The first-order valence-corrected chi connectivity index (χ1v) is 8.90. The summed E-state index contributed by atoms with van der Waals surface area (Å²) in [7, 11) is -3.40. The highest BCUT2D eigenvalue weighted by Crippen LogP contribution is 2.26. The molecule has 0 saturated heterocycles. The maximum absolute atomic E-state index is 12.1. The lowest BCUT2D eigenvalue weighted by atomic mass is 10.2. The zero-order chi connectivity index (χ0) is 16.6. The van der Waals surface area contributed by atoms with E-state index in [4.69, 9.17) is 16.3 Å². The first kappa shape index (κ1) is 18.5. The molecule has 0 bridgehead atoms. The Kier molecular flexibility index (Phi) is 7.41. The molecule has 0 saturated carbocycles. The van der Waals surface area contributed by atoms with Gasteiger partial charge in [-0.1, -0.05) is 31.0 Å². The number of carbonyl (C=O) groups excluding carboxylic acids is 1. The van der Waals surface area contributed by atoms with E-state index in [2.05, 4.69) is 6.58 Å². The molecule has 1 rings (SSSR count). The van der Waals surface area contributed by atoms with Gasteiger partial charge in [0.05, 0.1) is 22.3 Å². The van der Waals surface area contributed by atoms with Crippen LogP contribution in [0.5, 0.6) is 5.75 Å². The lowest BCUT2D eigenvalue weighted by Gasteiger charge is -2.06. The second-order valence-corrected chi connectivity index (χ2v) is 7.23. The van der Waals surface area contributed by atoms with Crippen LogP contribution in [0.2, 0.25) is 5.02 Å². The van der Waals surface area contributed by atoms with Gasteiger partial charge in [-0.15, -0.1) is 0 Å². The Hall–Kier alpha value is -1.53. The maximum atomic E-state index is 12.1. The number of phenols is 1. The van der Waals surface area contributed by atoms with Crippen LogP contribution in [0.1, 0.15) is 25.7 Å². The largest absolute Gasteiger partial charge is 0.506 e. The van der Waals surface area contributed by atoms with E-state index in [-0.39, 0.29) is 21.4 Å². The fourth-order valence-electron chi connectivity index (χ4n) is 1.78. The number of halogens is 1. The highest BCUT2D eigenvalue weighted by Gasteiger charge is 2.15. The van der Waals surface area contributed by atoms with Crippen molar-refractivity contribution in [1.29, 1.82) is 0 Å². The van der Waals surface area contributed by atoms with Gasteiger partial charge >= 0.3 is 5.97 Å². The van der Waals surface area contributed by atoms with E-state index in [0.29, 0.717) is 19.4 Å². The number of ether oxygens (including phenoxy) is 1. The average Bonchev–Trinajstić information content (AvgIpc) is 2.48. The van der Waals surface area contributed by atoms with Gasteiger partial charge in [-0.3, -0.25) is 0 Å². The number of phenolic OH excluding ortho intramolecular Hbond substituents is 1. The van der Waals surface area contributed by atoms with E-state index < -0.39 is 15.8 Å². The van der Waals surface area contributed by atoms with Crippen LogP contribution < -0.4 is 0 Å². The van der Waals surface area contributed by atoms with Crippen LogP contribution >= 0.6 is 11.6 Å². The fraction of sp³-hybridized carbons (Fsp3) is 0.400. The minimum absolute atomic E-state index is 0.0144. The minimum Gasteiger partial charge on any atom is -0.506 e. The van der Waals surface area contributed by atoms with Crippen LogP contribution in [-0.4, -0.2) is 31.9 Å². The topological polar surface area (TPSA) is 80.7 Å². The van der Waals surface area contributed by atoms with Gasteiger partial charge < -0.3 is 9.84 Å². The molecule has 1 aromatic rings. The molecule has 0 radical (unpaired) electrons. The highest BCUT2D eigenvalue weighted by atomic mass is 35.5. The third-order valence-corrected chi connectivity index (χ3v) is 5.10. The van der Waals surface area contributed by atoms with Gasteiger partial charge in [-0.05, 0) is 31.0 Å². The zero-order valence-electron chi connectivity index (χ0n) is 12.1. The van der Waals surface area contributed by atoms with Gasteiger partial charge in [0.2, 0.25) is 0 Å². The first-order valence-electron chi connectivity index (χ1n) is 6.87. The number of hydrogen-bond donors (Lipinski definition) is 1. The molecule has 1 N–H and O–H groups in total. The number of benzene rings is 1. The molecular formula is C15H19ClO5S. The molecule has 0 amide bonds. The first-order chi connectivity index (χ1) is 10.4. The molecule has 0 aliphatic carbocycles. The molecule has 0 atom stereocenters. The number of rotatable bonds is 9. The van der Waals surface area contributed by atoms with Gasteiger partial charge in [0, 0.05) is 6.08 Å². The summed E-state index contributed by atoms with van der Waals surface area (Å²) in [6, 6.07) is 3.86. The van der Waals surface area contributed by atoms with E-state index in [9.17, 15) is 18.3 Å². The summed E-state index contributed by atoms with van der Waals surface area (Å²) in [5.41, 5.74) is 0. The number of carbonyl (C=O) groups is 1. The van der Waals surface area contributed by atoms with Crippen molar-refractivity contribution in [2.75, 3.05) is 12.4 Å². The molecule has 0 fully saturated rings. The van der Waals surface area contributed by atoms with Crippen molar-refractivity contribution < 1.29 is 23.1 Å². The predicted octanol–water partition coefficient (Wildman–Crippen LogP) is 3.11. The van der Waals surface area contributed by atoms with E-state index in [1.807, 2.05) is 0 Å². The Morgan fingerprint density at radius 1 is 1.27 bits per heavy atom. The molecule has 0 spiro atoms. The van der Waals surface area contributed by atoms with Crippen LogP contribution in [0.3, 0.4) is 0 Å². The normalized spacial score (nSPS) is 11.1. The third kappa shape index (κ3) is 6.07. The molecule has 0 aromatic heterocycles. The van der Waals surface area contributed by atoms with Gasteiger partial charge in [-0.2, -0.15) is 0 Å². The molecule has 22 heavy (non-hydrogen) atoms. The van der Waals surface area contributed by atoms with Gasteiger partial charge in [-0.25, -0.2) is 13.2 Å². The number of aromatic hydroxyl groups is 1. The molecule has 0 aliphatic heterocycles. The second kappa shape index (κ2) is 8.80. The van der Waals surface area contributed by atoms with E-state index in [1.165, 1.54) is 18.2 Å². The van der Waals surface area contributed by atoms with Crippen molar-refractivity contribution in [3.05, 3.63) is 35.9 Å². The lowest BCUT2D eigenvalue weighted by molar-refractivity contribution is -0.137. The molecule has 5 nitrogen and oxygen atoms in total. The Labute approximate surface area is 135 Å². The minimum atomic E-state index is -3.40. The van der Waals surface area contributed by atoms with E-state index in [0.717, 1.165) is 18.9 Å². The summed E-state index contributed by atoms with van der Waals surface area (Å²) in [5.74, 6) is -0.581. The molecule has 0 unspecified atom stereocenters. The van der Waals surface area contributed by atoms with Gasteiger partial charge in [0.1, 0.15) is 5.75 Å². The van der Waals surface area contributed by atoms with Gasteiger partial charge in [0.25, 0.3) is 0 Å². The molecular weight excluding hydrogens is 328 g/mol. The molecule has 7 heteroatoms. The van der Waals surface area contributed by atoms with Crippen molar-refractivity contribution in [2.45, 2.75) is 30.6 Å². The average molecular weight is 347 g/mol. The predicted molar refractivity (Wildman–Crippen MR) is 84.8 cm³/mol. The number of unbranched alkanes of at least 4 members (excludes halogenated alkanes) is 3. The molecule has 122 valence electrons. The van der Waals surface area contributed by atoms with E-state index in [1.54, 1.807) is 0 Å². The summed E-state index contributed by atoms with van der Waals surface area (Å²) in [5, 5.41) is 9.31. The summed E-state index contributed by atoms with van der Waals surface area (Å²) in [4.78, 5) is 10.9. The third-order valence-electron chi connectivity index (χ3n) is 3.00. The van der Waals surface area contributed by atoms with Crippen molar-refractivity contribution in [1.82, 2.24) is 0 Å². The Bertz CT molecular complexity index is 625. The van der Waals surface area contributed by atoms with Crippen molar-refractivity contribution in [2.24, 2.45) is 0 Å². The Morgan fingerprint density at radius 2 is 1.95 bits per heavy atom. The zero-order valence-corrected chi connectivity index (χ0v) is 13.7. The Morgan fingerprint density at radius 3 is 2.59 bits per heavy atom. The smallest absolute Gasteiger partial charge is 0.330 e.